The molecule has 0 aliphatic heterocycles. The summed E-state index contributed by atoms with van der Waals surface area (Å²) in [7, 11) is -2.47. The summed E-state index contributed by atoms with van der Waals surface area (Å²) in [5, 5.41) is 12.8. The summed E-state index contributed by atoms with van der Waals surface area (Å²) in [6.45, 7) is 7.56. The van der Waals surface area contributed by atoms with Gasteiger partial charge in [0.1, 0.15) is 0 Å². The first-order chi connectivity index (χ1) is 15.4. The van der Waals surface area contributed by atoms with Gasteiger partial charge in [-0.3, -0.25) is 0 Å². The zero-order valence-electron chi connectivity index (χ0n) is 19.4. The predicted molar refractivity (Wildman–Crippen MR) is 137 cm³/mol. The lowest BCUT2D eigenvalue weighted by atomic mass is 10.1. The van der Waals surface area contributed by atoms with E-state index in [9.17, 15) is 5.11 Å². The van der Waals surface area contributed by atoms with Crippen LogP contribution in [0.25, 0.3) is 0 Å². The number of aliphatic hydroxyl groups is 1. The van der Waals surface area contributed by atoms with E-state index in [1.807, 2.05) is 30.3 Å². The highest BCUT2D eigenvalue weighted by molar-refractivity contribution is 6.99. The van der Waals surface area contributed by atoms with E-state index in [4.69, 9.17) is 4.43 Å². The summed E-state index contributed by atoms with van der Waals surface area (Å²) in [6, 6.07) is 31.1. The molecule has 0 radical (unpaired) electrons. The van der Waals surface area contributed by atoms with Crippen molar-refractivity contribution in [3.8, 4) is 11.8 Å². The van der Waals surface area contributed by atoms with Gasteiger partial charge in [0.2, 0.25) is 0 Å². The van der Waals surface area contributed by atoms with Crippen LogP contribution in [0.15, 0.2) is 91.0 Å². The highest BCUT2D eigenvalue weighted by Crippen LogP contribution is 2.36. The first-order valence-corrected chi connectivity index (χ1v) is 13.3. The molecule has 2 nitrogen and oxygen atoms in total. The van der Waals surface area contributed by atoms with Crippen LogP contribution in [0, 0.1) is 11.8 Å². The molecule has 0 heterocycles. The van der Waals surface area contributed by atoms with Crippen LogP contribution in [0.5, 0.6) is 0 Å². The lowest BCUT2D eigenvalue weighted by Gasteiger charge is -2.43. The van der Waals surface area contributed by atoms with E-state index in [0.717, 1.165) is 18.4 Å². The Morgan fingerprint density at radius 1 is 0.781 bits per heavy atom. The van der Waals surface area contributed by atoms with Crippen LogP contribution in [-0.2, 0) is 4.43 Å². The topological polar surface area (TPSA) is 29.5 Å². The van der Waals surface area contributed by atoms with Gasteiger partial charge in [-0.25, -0.2) is 0 Å². The number of unbranched alkanes of at least 4 members (excludes halogenated alkanes) is 1. The molecular formula is C29H34O2Si. The molecule has 3 aromatic carbocycles. The third-order valence-corrected chi connectivity index (χ3v) is 10.8. The van der Waals surface area contributed by atoms with Crippen LogP contribution in [-0.4, -0.2) is 20.0 Å². The smallest absolute Gasteiger partial charge is 0.261 e. The molecule has 3 heteroatoms. The summed E-state index contributed by atoms with van der Waals surface area (Å²) >= 11 is 0. The van der Waals surface area contributed by atoms with E-state index < -0.39 is 14.4 Å². The molecule has 0 aliphatic rings. The molecule has 1 atom stereocenters. The molecule has 0 saturated carbocycles. The predicted octanol–water partition coefficient (Wildman–Crippen LogP) is 5.47. The van der Waals surface area contributed by atoms with Gasteiger partial charge in [0.05, 0.1) is 6.10 Å². The summed E-state index contributed by atoms with van der Waals surface area (Å²) in [4.78, 5) is 0. The Kier molecular flexibility index (Phi) is 8.47. The number of hydrogen-bond donors (Lipinski definition) is 1. The third kappa shape index (κ3) is 5.78. The minimum absolute atomic E-state index is 0.0127. The molecule has 0 aromatic heterocycles. The molecule has 0 amide bonds. The van der Waals surface area contributed by atoms with Gasteiger partial charge in [-0.1, -0.05) is 112 Å². The van der Waals surface area contributed by atoms with Crippen molar-refractivity contribution in [3.63, 3.8) is 0 Å². The minimum Gasteiger partial charge on any atom is -0.407 e. The number of benzene rings is 3. The molecule has 166 valence electrons. The van der Waals surface area contributed by atoms with Crippen molar-refractivity contribution in [2.24, 2.45) is 0 Å². The van der Waals surface area contributed by atoms with Crippen LogP contribution in [0.2, 0.25) is 5.04 Å². The van der Waals surface area contributed by atoms with E-state index in [-0.39, 0.29) is 5.04 Å². The number of aliphatic hydroxyl groups excluding tert-OH is 1. The van der Waals surface area contributed by atoms with Crippen molar-refractivity contribution in [1.29, 1.82) is 0 Å². The van der Waals surface area contributed by atoms with Crippen LogP contribution >= 0.6 is 0 Å². The van der Waals surface area contributed by atoms with Crippen molar-refractivity contribution in [2.45, 2.75) is 51.2 Å². The molecule has 1 N–H and O–H groups in total. The van der Waals surface area contributed by atoms with Gasteiger partial charge in [-0.05, 0) is 27.4 Å². The van der Waals surface area contributed by atoms with Gasteiger partial charge in [-0.15, -0.1) is 11.8 Å². The second-order valence-electron chi connectivity index (χ2n) is 9.10. The SMILES string of the molecule is CC(C)(C)[Si](OCCCC#CCC(O)c1ccccc1)(c1ccccc1)c1ccccc1. The van der Waals surface area contributed by atoms with E-state index in [1.165, 1.54) is 10.4 Å². The van der Waals surface area contributed by atoms with Gasteiger partial charge in [0, 0.05) is 19.4 Å². The maximum Gasteiger partial charge on any atom is 0.261 e. The molecule has 3 aromatic rings. The van der Waals surface area contributed by atoms with Gasteiger partial charge < -0.3 is 9.53 Å². The average Bonchev–Trinajstić information content (AvgIpc) is 2.81. The zero-order valence-corrected chi connectivity index (χ0v) is 20.4. The molecule has 0 aliphatic carbocycles. The monoisotopic (exact) mass is 442 g/mol. The van der Waals surface area contributed by atoms with Crippen LogP contribution in [0.4, 0.5) is 0 Å². The Bertz CT molecular complexity index is 960. The first kappa shape index (κ1) is 24.0. The highest BCUT2D eigenvalue weighted by Gasteiger charge is 2.49. The second kappa shape index (κ2) is 11.3. The van der Waals surface area contributed by atoms with Crippen molar-refractivity contribution < 1.29 is 9.53 Å². The summed E-state index contributed by atoms with van der Waals surface area (Å²) < 4.78 is 6.89. The summed E-state index contributed by atoms with van der Waals surface area (Å²) in [6.07, 6.45) is 1.56. The molecule has 3 rings (SSSR count). The van der Waals surface area contributed by atoms with Crippen molar-refractivity contribution in [2.75, 3.05) is 6.61 Å². The van der Waals surface area contributed by atoms with E-state index >= 15 is 0 Å². The summed E-state index contributed by atoms with van der Waals surface area (Å²) in [5.74, 6) is 6.35. The Balaban J connectivity index is 1.67. The number of rotatable bonds is 8. The average molecular weight is 443 g/mol. The van der Waals surface area contributed by atoms with Gasteiger partial charge >= 0.3 is 0 Å². The molecule has 0 spiro atoms. The molecule has 1 unspecified atom stereocenters. The molecule has 0 bridgehead atoms. The Morgan fingerprint density at radius 2 is 1.28 bits per heavy atom. The first-order valence-electron chi connectivity index (χ1n) is 11.4. The fourth-order valence-corrected chi connectivity index (χ4v) is 8.80. The maximum absolute atomic E-state index is 10.2. The van der Waals surface area contributed by atoms with Crippen LogP contribution in [0.1, 0.15) is 51.7 Å². The van der Waals surface area contributed by atoms with Gasteiger partial charge in [0.25, 0.3) is 8.32 Å². The van der Waals surface area contributed by atoms with Crippen LogP contribution < -0.4 is 10.4 Å². The Morgan fingerprint density at radius 3 is 1.78 bits per heavy atom. The molecular weight excluding hydrogens is 408 g/mol. The Hall–Kier alpha value is -2.64. The number of hydrogen-bond acceptors (Lipinski definition) is 2. The van der Waals surface area contributed by atoms with Crippen molar-refractivity contribution in [1.82, 2.24) is 0 Å². The lowest BCUT2D eigenvalue weighted by Crippen LogP contribution is -2.66. The van der Waals surface area contributed by atoms with Crippen LogP contribution in [0.3, 0.4) is 0 Å². The maximum atomic E-state index is 10.2. The Labute approximate surface area is 194 Å². The quantitative estimate of drug-likeness (QED) is 0.285. The highest BCUT2D eigenvalue weighted by atomic mass is 28.4. The molecule has 0 fully saturated rings. The zero-order chi connectivity index (χ0) is 22.9. The molecule has 0 saturated heterocycles. The largest absolute Gasteiger partial charge is 0.407 e. The fourth-order valence-electron chi connectivity index (χ4n) is 4.20. The van der Waals surface area contributed by atoms with Gasteiger partial charge in [0.15, 0.2) is 0 Å². The van der Waals surface area contributed by atoms with Gasteiger partial charge in [-0.2, -0.15) is 0 Å². The minimum atomic E-state index is -2.47. The fraction of sp³-hybridized carbons (Fsp3) is 0.310. The molecule has 32 heavy (non-hydrogen) atoms. The summed E-state index contributed by atoms with van der Waals surface area (Å²) in [5.41, 5.74) is 0.914. The van der Waals surface area contributed by atoms with E-state index in [2.05, 4.69) is 93.3 Å². The normalized spacial score (nSPS) is 12.6. The van der Waals surface area contributed by atoms with Crippen molar-refractivity contribution in [3.05, 3.63) is 96.6 Å². The lowest BCUT2D eigenvalue weighted by molar-refractivity contribution is 0.184. The van der Waals surface area contributed by atoms with E-state index in [1.54, 1.807) is 0 Å². The standard InChI is InChI=1S/C29H34O2Si/c1-29(2,3)32(26-19-11-7-12-20-26,27-21-13-8-14-22-27)31-24-16-5-4-15-23-28(30)25-17-9-6-10-18-25/h6-14,17-22,28,30H,5,16,23-24H2,1-3H3. The van der Waals surface area contributed by atoms with Crippen molar-refractivity contribution >= 4 is 18.7 Å². The second-order valence-corrected chi connectivity index (χ2v) is 13.4. The van der Waals surface area contributed by atoms with E-state index in [0.29, 0.717) is 13.0 Å². The third-order valence-electron chi connectivity index (χ3n) is 5.79.